The molecule has 2 aliphatic rings. The van der Waals surface area contributed by atoms with E-state index in [9.17, 15) is 0 Å². The highest BCUT2D eigenvalue weighted by Crippen LogP contribution is 2.23. The van der Waals surface area contributed by atoms with Gasteiger partial charge in [-0.05, 0) is 34.4 Å². The molecule has 0 spiro atoms. The van der Waals surface area contributed by atoms with E-state index >= 15 is 0 Å². The molecule has 0 saturated carbocycles. The van der Waals surface area contributed by atoms with E-state index in [-0.39, 0.29) is 0 Å². The Balaban J connectivity index is 1.74. The summed E-state index contributed by atoms with van der Waals surface area (Å²) >= 11 is 0. The summed E-state index contributed by atoms with van der Waals surface area (Å²) in [4.78, 5) is 7.62. The van der Waals surface area contributed by atoms with Gasteiger partial charge in [-0.1, -0.05) is 0 Å². The second-order valence-corrected chi connectivity index (χ2v) is 5.60. The largest absolute Gasteiger partial charge is 0.305 e. The SMILES string of the molecule is CC(C)N1CC(N2CC[C@H](N(C)C)C2)C1. The van der Waals surface area contributed by atoms with Gasteiger partial charge in [0.15, 0.2) is 0 Å². The van der Waals surface area contributed by atoms with Gasteiger partial charge in [-0.3, -0.25) is 9.80 Å². The first-order valence-corrected chi connectivity index (χ1v) is 6.22. The van der Waals surface area contributed by atoms with E-state index in [1.54, 1.807) is 0 Å². The maximum atomic E-state index is 2.68. The van der Waals surface area contributed by atoms with Crippen LogP contribution in [-0.2, 0) is 0 Å². The van der Waals surface area contributed by atoms with Crippen molar-refractivity contribution < 1.29 is 0 Å². The lowest BCUT2D eigenvalue weighted by Gasteiger charge is -2.46. The number of likely N-dealkylation sites (N-methyl/N-ethyl adjacent to an activating group) is 1. The first-order chi connectivity index (χ1) is 7.08. The average molecular weight is 211 g/mol. The van der Waals surface area contributed by atoms with Crippen molar-refractivity contribution in [3.8, 4) is 0 Å². The molecule has 0 aromatic heterocycles. The number of likely N-dealkylation sites (tertiary alicyclic amines) is 2. The third kappa shape index (κ3) is 2.35. The predicted octanol–water partition coefficient (Wildman–Crippen LogP) is 0.715. The molecule has 1 atom stereocenters. The van der Waals surface area contributed by atoms with E-state index in [4.69, 9.17) is 0 Å². The van der Waals surface area contributed by atoms with Crippen LogP contribution in [0.1, 0.15) is 20.3 Å². The maximum absolute atomic E-state index is 2.68. The van der Waals surface area contributed by atoms with Crippen molar-refractivity contribution in [2.24, 2.45) is 0 Å². The molecule has 0 aromatic rings. The topological polar surface area (TPSA) is 9.72 Å². The van der Waals surface area contributed by atoms with Crippen molar-refractivity contribution >= 4 is 0 Å². The highest BCUT2D eigenvalue weighted by Gasteiger charge is 2.36. The van der Waals surface area contributed by atoms with E-state index in [0.29, 0.717) is 0 Å². The van der Waals surface area contributed by atoms with Gasteiger partial charge in [0.2, 0.25) is 0 Å². The van der Waals surface area contributed by atoms with Crippen molar-refractivity contribution in [3.63, 3.8) is 0 Å². The van der Waals surface area contributed by atoms with Gasteiger partial charge in [0.1, 0.15) is 0 Å². The lowest BCUT2D eigenvalue weighted by Crippen LogP contribution is -2.60. The molecule has 0 aromatic carbocycles. The third-order valence-corrected chi connectivity index (χ3v) is 4.06. The molecule has 2 aliphatic heterocycles. The average Bonchev–Trinajstić information content (AvgIpc) is 2.49. The molecular weight excluding hydrogens is 186 g/mol. The molecule has 0 aliphatic carbocycles. The van der Waals surface area contributed by atoms with Crippen molar-refractivity contribution in [1.29, 1.82) is 0 Å². The van der Waals surface area contributed by atoms with Gasteiger partial charge >= 0.3 is 0 Å². The van der Waals surface area contributed by atoms with E-state index in [2.05, 4.69) is 42.6 Å². The van der Waals surface area contributed by atoms with Gasteiger partial charge < -0.3 is 4.90 Å². The fourth-order valence-corrected chi connectivity index (χ4v) is 2.66. The zero-order valence-electron chi connectivity index (χ0n) is 10.6. The standard InChI is InChI=1S/C12H25N3/c1-10(2)15-8-12(9-15)14-6-5-11(7-14)13(3)4/h10-12H,5-9H2,1-4H3/t11-/m0/s1. The van der Waals surface area contributed by atoms with Crippen LogP contribution in [-0.4, -0.2) is 73.1 Å². The second-order valence-electron chi connectivity index (χ2n) is 5.60. The van der Waals surface area contributed by atoms with Gasteiger partial charge in [0.05, 0.1) is 0 Å². The molecular formula is C12H25N3. The van der Waals surface area contributed by atoms with Crippen LogP contribution in [0.5, 0.6) is 0 Å². The summed E-state index contributed by atoms with van der Waals surface area (Å²) in [5.74, 6) is 0. The first kappa shape index (κ1) is 11.4. The van der Waals surface area contributed by atoms with Crippen LogP contribution in [0.3, 0.4) is 0 Å². The van der Waals surface area contributed by atoms with Gasteiger partial charge in [0, 0.05) is 44.3 Å². The molecule has 3 nitrogen and oxygen atoms in total. The predicted molar refractivity (Wildman–Crippen MR) is 64.2 cm³/mol. The molecule has 0 N–H and O–H groups in total. The first-order valence-electron chi connectivity index (χ1n) is 6.22. The number of rotatable bonds is 3. The summed E-state index contributed by atoms with van der Waals surface area (Å²) in [6.07, 6.45) is 1.35. The van der Waals surface area contributed by atoms with Gasteiger partial charge in [-0.25, -0.2) is 0 Å². The molecule has 2 saturated heterocycles. The normalized spacial score (nSPS) is 30.4. The molecule has 2 fully saturated rings. The summed E-state index contributed by atoms with van der Waals surface area (Å²) in [7, 11) is 4.41. The highest BCUT2D eigenvalue weighted by molar-refractivity contribution is 4.94. The molecule has 0 bridgehead atoms. The van der Waals surface area contributed by atoms with Crippen LogP contribution in [0.15, 0.2) is 0 Å². The van der Waals surface area contributed by atoms with Crippen molar-refractivity contribution in [2.45, 2.75) is 38.4 Å². The molecule has 3 heteroatoms. The molecule has 0 radical (unpaired) electrons. The minimum absolute atomic E-state index is 0.730. The second kappa shape index (κ2) is 4.40. The van der Waals surface area contributed by atoms with Crippen LogP contribution in [0.4, 0.5) is 0 Å². The quantitative estimate of drug-likeness (QED) is 0.681. The highest BCUT2D eigenvalue weighted by atomic mass is 15.3. The van der Waals surface area contributed by atoms with Crippen molar-refractivity contribution in [1.82, 2.24) is 14.7 Å². The van der Waals surface area contributed by atoms with Crippen molar-refractivity contribution in [2.75, 3.05) is 40.3 Å². The lowest BCUT2D eigenvalue weighted by atomic mass is 10.1. The summed E-state index contributed by atoms with van der Waals surface area (Å²) < 4.78 is 0. The van der Waals surface area contributed by atoms with Crippen LogP contribution in [0.25, 0.3) is 0 Å². The summed E-state index contributed by atoms with van der Waals surface area (Å²) in [6, 6.07) is 2.36. The Labute approximate surface area is 94.0 Å². The Hall–Kier alpha value is -0.120. The Kier molecular flexibility index (Phi) is 3.33. The fourth-order valence-electron chi connectivity index (χ4n) is 2.66. The van der Waals surface area contributed by atoms with Gasteiger partial charge in [-0.15, -0.1) is 0 Å². The Morgan fingerprint density at radius 2 is 1.80 bits per heavy atom. The fraction of sp³-hybridized carbons (Fsp3) is 1.00. The Morgan fingerprint density at radius 1 is 1.13 bits per heavy atom. The monoisotopic (exact) mass is 211 g/mol. The van der Waals surface area contributed by atoms with Crippen LogP contribution in [0.2, 0.25) is 0 Å². The zero-order valence-corrected chi connectivity index (χ0v) is 10.6. The zero-order chi connectivity index (χ0) is 11.0. The molecule has 88 valence electrons. The maximum Gasteiger partial charge on any atom is 0.0351 e. The van der Waals surface area contributed by atoms with Crippen LogP contribution >= 0.6 is 0 Å². The molecule has 15 heavy (non-hydrogen) atoms. The van der Waals surface area contributed by atoms with Gasteiger partial charge in [0.25, 0.3) is 0 Å². The summed E-state index contributed by atoms with van der Waals surface area (Å²) in [5.41, 5.74) is 0. The third-order valence-electron chi connectivity index (χ3n) is 4.06. The molecule has 0 amide bonds. The van der Waals surface area contributed by atoms with Crippen LogP contribution in [0, 0.1) is 0 Å². The minimum atomic E-state index is 0.730. The molecule has 0 unspecified atom stereocenters. The van der Waals surface area contributed by atoms with Gasteiger partial charge in [-0.2, -0.15) is 0 Å². The van der Waals surface area contributed by atoms with E-state index in [1.165, 1.54) is 32.6 Å². The summed E-state index contributed by atoms with van der Waals surface area (Å²) in [6.45, 7) is 9.75. The van der Waals surface area contributed by atoms with Crippen LogP contribution < -0.4 is 0 Å². The minimum Gasteiger partial charge on any atom is -0.305 e. The number of hydrogen-bond donors (Lipinski definition) is 0. The van der Waals surface area contributed by atoms with E-state index < -0.39 is 0 Å². The summed E-state index contributed by atoms with van der Waals surface area (Å²) in [5, 5.41) is 0. The van der Waals surface area contributed by atoms with E-state index in [1.807, 2.05) is 0 Å². The molecule has 2 rings (SSSR count). The molecule has 2 heterocycles. The Morgan fingerprint density at radius 3 is 2.27 bits per heavy atom. The van der Waals surface area contributed by atoms with E-state index in [0.717, 1.165) is 18.1 Å². The Bertz CT molecular complexity index is 209. The number of hydrogen-bond acceptors (Lipinski definition) is 3. The smallest absolute Gasteiger partial charge is 0.0351 e. The lowest BCUT2D eigenvalue weighted by molar-refractivity contribution is 0.0232. The number of nitrogens with zero attached hydrogens (tertiary/aromatic N) is 3. The van der Waals surface area contributed by atoms with Crippen molar-refractivity contribution in [3.05, 3.63) is 0 Å².